The van der Waals surface area contributed by atoms with Crippen molar-refractivity contribution in [1.29, 1.82) is 0 Å². The summed E-state index contributed by atoms with van der Waals surface area (Å²) >= 11 is 3.38. The summed E-state index contributed by atoms with van der Waals surface area (Å²) in [5.41, 5.74) is 7.61. The maximum Gasteiger partial charge on any atom is 0.248 e. The molecule has 0 saturated heterocycles. The van der Waals surface area contributed by atoms with E-state index in [-0.39, 0.29) is 12.0 Å². The third-order valence-corrected chi connectivity index (χ3v) is 4.21. The number of rotatable bonds is 6. The summed E-state index contributed by atoms with van der Waals surface area (Å²) < 4.78 is 6.54. The molecule has 0 aliphatic heterocycles. The van der Waals surface area contributed by atoms with Crippen LogP contribution in [0.25, 0.3) is 0 Å². The Morgan fingerprint density at radius 2 is 1.92 bits per heavy atom. The number of hydrogen-bond donors (Lipinski definition) is 2. The van der Waals surface area contributed by atoms with Crippen LogP contribution in [0, 0.1) is 0 Å². The SMILES string of the molecule is CC(C)OCc1cccc(NC(=O)C(C)(N)c2ccc(Br)cc2)c1. The largest absolute Gasteiger partial charge is 0.374 e. The third-order valence-electron chi connectivity index (χ3n) is 3.68. The number of benzene rings is 2. The molecule has 0 bridgehead atoms. The van der Waals surface area contributed by atoms with Crippen molar-refractivity contribution in [2.45, 2.75) is 39.0 Å². The highest BCUT2D eigenvalue weighted by atomic mass is 79.9. The van der Waals surface area contributed by atoms with Gasteiger partial charge in [0.05, 0.1) is 12.7 Å². The van der Waals surface area contributed by atoms with E-state index >= 15 is 0 Å². The van der Waals surface area contributed by atoms with Crippen molar-refractivity contribution in [2.24, 2.45) is 5.73 Å². The van der Waals surface area contributed by atoms with Crippen LogP contribution in [0.4, 0.5) is 5.69 Å². The van der Waals surface area contributed by atoms with E-state index in [0.717, 1.165) is 15.6 Å². The van der Waals surface area contributed by atoms with E-state index in [1.807, 2.05) is 62.4 Å². The molecule has 0 aliphatic rings. The lowest BCUT2D eigenvalue weighted by molar-refractivity contribution is -0.120. The highest BCUT2D eigenvalue weighted by Gasteiger charge is 2.30. The molecule has 3 N–H and O–H groups in total. The Morgan fingerprint density at radius 3 is 2.54 bits per heavy atom. The van der Waals surface area contributed by atoms with Crippen LogP contribution in [0.1, 0.15) is 31.9 Å². The molecule has 1 amide bonds. The Morgan fingerprint density at radius 1 is 1.25 bits per heavy atom. The van der Waals surface area contributed by atoms with Gasteiger partial charge in [-0.25, -0.2) is 0 Å². The molecular formula is C19H23BrN2O2. The molecule has 4 nitrogen and oxygen atoms in total. The summed E-state index contributed by atoms with van der Waals surface area (Å²) in [6.07, 6.45) is 0.160. The fourth-order valence-corrected chi connectivity index (χ4v) is 2.45. The van der Waals surface area contributed by atoms with Crippen molar-refractivity contribution < 1.29 is 9.53 Å². The van der Waals surface area contributed by atoms with E-state index < -0.39 is 5.54 Å². The van der Waals surface area contributed by atoms with Crippen molar-refractivity contribution in [3.8, 4) is 0 Å². The van der Waals surface area contributed by atoms with E-state index in [9.17, 15) is 4.79 Å². The minimum Gasteiger partial charge on any atom is -0.374 e. The molecule has 1 unspecified atom stereocenters. The predicted molar refractivity (Wildman–Crippen MR) is 101 cm³/mol. The number of nitrogens with two attached hydrogens (primary N) is 1. The molecule has 24 heavy (non-hydrogen) atoms. The van der Waals surface area contributed by atoms with Crippen molar-refractivity contribution in [1.82, 2.24) is 0 Å². The van der Waals surface area contributed by atoms with Crippen LogP contribution in [0.2, 0.25) is 0 Å². The van der Waals surface area contributed by atoms with Gasteiger partial charge in [0.1, 0.15) is 5.54 Å². The van der Waals surface area contributed by atoms with Gasteiger partial charge in [-0.05, 0) is 56.2 Å². The summed E-state index contributed by atoms with van der Waals surface area (Å²) in [6, 6.07) is 15.0. The van der Waals surface area contributed by atoms with E-state index in [1.165, 1.54) is 0 Å². The number of ether oxygens (including phenoxy) is 1. The van der Waals surface area contributed by atoms with Crippen molar-refractivity contribution in [3.05, 3.63) is 64.1 Å². The Hall–Kier alpha value is -1.69. The van der Waals surface area contributed by atoms with Crippen molar-refractivity contribution in [3.63, 3.8) is 0 Å². The summed E-state index contributed by atoms with van der Waals surface area (Å²) in [4.78, 5) is 12.6. The molecule has 0 spiro atoms. The first kappa shape index (κ1) is 18.6. The maximum atomic E-state index is 12.6. The average Bonchev–Trinajstić information content (AvgIpc) is 2.53. The Bertz CT molecular complexity index is 697. The van der Waals surface area contributed by atoms with Gasteiger partial charge in [-0.2, -0.15) is 0 Å². The molecule has 0 saturated carbocycles. The number of hydrogen-bond acceptors (Lipinski definition) is 3. The van der Waals surface area contributed by atoms with Crippen molar-refractivity contribution in [2.75, 3.05) is 5.32 Å². The zero-order valence-electron chi connectivity index (χ0n) is 14.2. The lowest BCUT2D eigenvalue weighted by Gasteiger charge is -2.24. The topological polar surface area (TPSA) is 64.3 Å². The van der Waals surface area contributed by atoms with Gasteiger partial charge in [0.25, 0.3) is 0 Å². The highest BCUT2D eigenvalue weighted by Crippen LogP contribution is 2.23. The molecule has 0 aromatic heterocycles. The van der Waals surface area contributed by atoms with Gasteiger partial charge >= 0.3 is 0 Å². The zero-order chi connectivity index (χ0) is 17.7. The fourth-order valence-electron chi connectivity index (χ4n) is 2.19. The van der Waals surface area contributed by atoms with Gasteiger partial charge in [-0.1, -0.05) is 40.2 Å². The van der Waals surface area contributed by atoms with Crippen LogP contribution in [-0.4, -0.2) is 12.0 Å². The highest BCUT2D eigenvalue weighted by molar-refractivity contribution is 9.10. The zero-order valence-corrected chi connectivity index (χ0v) is 15.8. The minimum absolute atomic E-state index is 0.160. The van der Waals surface area contributed by atoms with Crippen LogP contribution in [-0.2, 0) is 21.7 Å². The van der Waals surface area contributed by atoms with E-state index in [4.69, 9.17) is 10.5 Å². The van der Waals surface area contributed by atoms with E-state index in [1.54, 1.807) is 6.92 Å². The molecule has 2 aromatic carbocycles. The third kappa shape index (κ3) is 4.90. The first-order valence-electron chi connectivity index (χ1n) is 7.86. The number of carbonyl (C=O) groups excluding carboxylic acids is 1. The molecule has 0 heterocycles. The maximum absolute atomic E-state index is 12.6. The standard InChI is InChI=1S/C19H23BrN2O2/c1-13(2)24-12-14-5-4-6-17(11-14)22-18(23)19(3,21)15-7-9-16(20)10-8-15/h4-11,13H,12,21H2,1-3H3,(H,22,23). The van der Waals surface area contributed by atoms with Gasteiger partial charge in [0.2, 0.25) is 5.91 Å². The van der Waals surface area contributed by atoms with Crippen LogP contribution in [0.3, 0.4) is 0 Å². The van der Waals surface area contributed by atoms with Crippen LogP contribution >= 0.6 is 15.9 Å². The van der Waals surface area contributed by atoms with Crippen LogP contribution in [0.15, 0.2) is 53.0 Å². The average molecular weight is 391 g/mol. The Labute approximate surface area is 151 Å². The summed E-state index contributed by atoms with van der Waals surface area (Å²) in [5.74, 6) is -0.258. The Balaban J connectivity index is 2.10. The fraction of sp³-hybridized carbons (Fsp3) is 0.316. The van der Waals surface area contributed by atoms with Gasteiger partial charge in [0, 0.05) is 10.2 Å². The number of halogens is 1. The molecule has 128 valence electrons. The summed E-state index contributed by atoms with van der Waals surface area (Å²) in [7, 11) is 0. The molecular weight excluding hydrogens is 368 g/mol. The second kappa shape index (κ2) is 7.92. The second-order valence-electron chi connectivity index (χ2n) is 6.22. The monoisotopic (exact) mass is 390 g/mol. The van der Waals surface area contributed by atoms with Gasteiger partial charge in [-0.15, -0.1) is 0 Å². The molecule has 5 heteroatoms. The molecule has 2 rings (SSSR count). The lowest BCUT2D eigenvalue weighted by Crippen LogP contribution is -2.45. The van der Waals surface area contributed by atoms with Crippen LogP contribution in [0.5, 0.6) is 0 Å². The minimum atomic E-state index is -1.12. The van der Waals surface area contributed by atoms with Gasteiger partial charge in [-0.3, -0.25) is 4.79 Å². The summed E-state index contributed by atoms with van der Waals surface area (Å²) in [6.45, 7) is 6.19. The van der Waals surface area contributed by atoms with Crippen molar-refractivity contribution >= 4 is 27.5 Å². The second-order valence-corrected chi connectivity index (χ2v) is 7.14. The smallest absolute Gasteiger partial charge is 0.248 e. The lowest BCUT2D eigenvalue weighted by atomic mass is 9.92. The number of anilines is 1. The molecule has 0 fully saturated rings. The molecule has 2 aromatic rings. The Kier molecular flexibility index (Phi) is 6.15. The molecule has 0 radical (unpaired) electrons. The first-order chi connectivity index (χ1) is 11.3. The first-order valence-corrected chi connectivity index (χ1v) is 8.65. The van der Waals surface area contributed by atoms with E-state index in [2.05, 4.69) is 21.2 Å². The van der Waals surface area contributed by atoms with Gasteiger partial charge in [0.15, 0.2) is 0 Å². The molecule has 1 atom stereocenters. The van der Waals surface area contributed by atoms with Gasteiger partial charge < -0.3 is 15.8 Å². The summed E-state index contributed by atoms with van der Waals surface area (Å²) in [5, 5.41) is 2.89. The predicted octanol–water partition coefficient (Wildman–Crippen LogP) is 4.19. The van der Waals surface area contributed by atoms with Crippen LogP contribution < -0.4 is 11.1 Å². The molecule has 0 aliphatic carbocycles. The number of carbonyl (C=O) groups is 1. The quantitative estimate of drug-likeness (QED) is 0.776. The number of amides is 1. The van der Waals surface area contributed by atoms with E-state index in [0.29, 0.717) is 12.3 Å². The normalized spacial score (nSPS) is 13.6. The number of nitrogens with one attached hydrogen (secondary N) is 1.